The molecule has 4 nitrogen and oxygen atoms in total. The molecule has 0 spiro atoms. The van der Waals surface area contributed by atoms with Crippen LogP contribution < -0.4 is 9.47 Å². The zero-order chi connectivity index (χ0) is 12.4. The summed E-state index contributed by atoms with van der Waals surface area (Å²) in [5.74, 6) is 1.00. The highest BCUT2D eigenvalue weighted by molar-refractivity contribution is 6.10. The normalized spacial score (nSPS) is 16.8. The van der Waals surface area contributed by atoms with Crippen LogP contribution >= 0.6 is 0 Å². The van der Waals surface area contributed by atoms with Gasteiger partial charge in [0.25, 0.3) is 0 Å². The molecule has 1 aliphatic rings. The maximum atomic E-state index is 12.0. The van der Waals surface area contributed by atoms with Gasteiger partial charge in [-0.3, -0.25) is 4.79 Å². The minimum absolute atomic E-state index is 0.144. The third kappa shape index (κ3) is 1.86. The molecule has 90 valence electrons. The number of ketones is 1. The number of benzene rings is 1. The molecule has 0 bridgehead atoms. The van der Waals surface area contributed by atoms with Crippen molar-refractivity contribution >= 4 is 5.78 Å². The summed E-state index contributed by atoms with van der Waals surface area (Å²) in [5.41, 5.74) is 1.94. The number of aliphatic hydroxyl groups is 1. The summed E-state index contributed by atoms with van der Waals surface area (Å²) in [6.45, 7) is 0. The van der Waals surface area contributed by atoms with Gasteiger partial charge in [0.2, 0.25) is 0 Å². The highest BCUT2D eigenvalue weighted by Crippen LogP contribution is 2.35. The quantitative estimate of drug-likeness (QED) is 0.630. The predicted molar refractivity (Wildman–Crippen MR) is 62.9 cm³/mol. The van der Waals surface area contributed by atoms with Crippen LogP contribution in [0.3, 0.4) is 0 Å². The van der Waals surface area contributed by atoms with Gasteiger partial charge in [-0.15, -0.1) is 0 Å². The van der Waals surface area contributed by atoms with Gasteiger partial charge in [0, 0.05) is 11.1 Å². The van der Waals surface area contributed by atoms with E-state index in [1.54, 1.807) is 13.2 Å². The first-order chi connectivity index (χ1) is 8.21. The second kappa shape index (κ2) is 4.49. The average molecular weight is 234 g/mol. The van der Waals surface area contributed by atoms with Crippen molar-refractivity contribution in [3.63, 3.8) is 0 Å². The molecule has 0 aliphatic heterocycles. The zero-order valence-corrected chi connectivity index (χ0v) is 9.82. The summed E-state index contributed by atoms with van der Waals surface area (Å²) in [7, 11) is 3.09. The Kier molecular flexibility index (Phi) is 3.04. The Bertz CT molecular complexity index is 488. The molecule has 1 N–H and O–H groups in total. The lowest BCUT2D eigenvalue weighted by atomic mass is 9.87. The van der Waals surface area contributed by atoms with Crippen LogP contribution in [0.15, 0.2) is 24.0 Å². The molecule has 17 heavy (non-hydrogen) atoms. The largest absolute Gasteiger partial charge is 0.515 e. The number of Topliss-reactive ketones (excluding diaryl/α,β-unsaturated/α-hetero) is 1. The van der Waals surface area contributed by atoms with Gasteiger partial charge in [0.15, 0.2) is 17.3 Å². The number of aliphatic hydroxyl groups excluding tert-OH is 1. The third-order valence-corrected chi connectivity index (χ3v) is 2.97. The molecular weight excluding hydrogens is 220 g/mol. The van der Waals surface area contributed by atoms with Crippen LogP contribution in [0, 0.1) is 0 Å². The number of hydrogen-bond donors (Lipinski definition) is 1. The number of fused-ring (bicyclic) bond motifs is 1. The summed E-state index contributed by atoms with van der Waals surface area (Å²) in [4.78, 5) is 12.0. The number of rotatable bonds is 2. The van der Waals surface area contributed by atoms with Crippen molar-refractivity contribution in [2.45, 2.75) is 12.8 Å². The Hall–Kier alpha value is -1.97. The summed E-state index contributed by atoms with van der Waals surface area (Å²) in [6, 6.07) is 3.49. The molecule has 4 heteroatoms. The van der Waals surface area contributed by atoms with Crippen LogP contribution in [0.4, 0.5) is 0 Å². The predicted octanol–water partition coefficient (Wildman–Crippen LogP) is 2.27. The van der Waals surface area contributed by atoms with E-state index >= 15 is 0 Å². The smallest absolute Gasteiger partial charge is 0.192 e. The Morgan fingerprint density at radius 1 is 1.18 bits per heavy atom. The van der Waals surface area contributed by atoms with Crippen LogP contribution in [-0.4, -0.2) is 25.1 Å². The standard InChI is InChI=1S/C13H14O4/c1-16-11-5-8-3-4-9(7-14)13(15)10(8)6-12(11)17-2/h5-7,14H,3-4H2,1-2H3. The molecule has 1 aliphatic carbocycles. The van der Waals surface area contributed by atoms with Crippen LogP contribution in [-0.2, 0) is 6.42 Å². The molecule has 0 saturated heterocycles. The van der Waals surface area contributed by atoms with Gasteiger partial charge in [-0.1, -0.05) is 0 Å². The zero-order valence-electron chi connectivity index (χ0n) is 9.82. The lowest BCUT2D eigenvalue weighted by Crippen LogP contribution is -2.14. The Morgan fingerprint density at radius 3 is 2.41 bits per heavy atom. The highest BCUT2D eigenvalue weighted by Gasteiger charge is 2.24. The second-order valence-electron chi connectivity index (χ2n) is 3.85. The number of carbonyl (C=O) groups is 1. The van der Waals surface area contributed by atoms with Crippen LogP contribution in [0.25, 0.3) is 0 Å². The molecule has 1 aromatic rings. The maximum absolute atomic E-state index is 12.0. The molecule has 0 amide bonds. The Morgan fingerprint density at radius 2 is 1.82 bits per heavy atom. The highest BCUT2D eigenvalue weighted by atomic mass is 16.5. The van der Waals surface area contributed by atoms with Crippen LogP contribution in [0.5, 0.6) is 11.5 Å². The summed E-state index contributed by atoms with van der Waals surface area (Å²) >= 11 is 0. The van der Waals surface area contributed by atoms with Gasteiger partial charge in [0.1, 0.15) is 0 Å². The first kappa shape index (κ1) is 11.5. The fraction of sp³-hybridized carbons (Fsp3) is 0.308. The van der Waals surface area contributed by atoms with Crippen molar-refractivity contribution < 1.29 is 19.4 Å². The van der Waals surface area contributed by atoms with Gasteiger partial charge < -0.3 is 14.6 Å². The van der Waals surface area contributed by atoms with Crippen molar-refractivity contribution in [1.29, 1.82) is 0 Å². The van der Waals surface area contributed by atoms with E-state index in [1.165, 1.54) is 7.11 Å². The SMILES string of the molecule is COc1cc2c(cc1OC)C(=O)C(=CO)CC2. The van der Waals surface area contributed by atoms with E-state index in [0.717, 1.165) is 11.8 Å². The molecule has 1 aromatic carbocycles. The molecule has 0 fully saturated rings. The molecule has 0 aromatic heterocycles. The molecule has 2 rings (SSSR count). The topological polar surface area (TPSA) is 55.8 Å². The van der Waals surface area contributed by atoms with Gasteiger partial charge >= 0.3 is 0 Å². The number of allylic oxidation sites excluding steroid dienone is 1. The summed E-state index contributed by atoms with van der Waals surface area (Å²) < 4.78 is 10.4. The average Bonchev–Trinajstić information content (AvgIpc) is 2.38. The van der Waals surface area contributed by atoms with Crippen LogP contribution in [0.1, 0.15) is 22.3 Å². The van der Waals surface area contributed by atoms with Crippen molar-refractivity contribution in [1.82, 2.24) is 0 Å². The van der Waals surface area contributed by atoms with E-state index in [0.29, 0.717) is 35.5 Å². The minimum Gasteiger partial charge on any atom is -0.515 e. The van der Waals surface area contributed by atoms with Gasteiger partial charge in [0.05, 0.1) is 20.5 Å². The van der Waals surface area contributed by atoms with E-state index in [2.05, 4.69) is 0 Å². The van der Waals surface area contributed by atoms with Crippen LogP contribution in [0.2, 0.25) is 0 Å². The molecule has 0 saturated carbocycles. The minimum atomic E-state index is -0.144. The number of aryl methyl sites for hydroxylation is 1. The molecule has 0 heterocycles. The number of methoxy groups -OCH3 is 2. The van der Waals surface area contributed by atoms with Crippen molar-refractivity contribution in [2.24, 2.45) is 0 Å². The number of ether oxygens (including phenoxy) is 2. The van der Waals surface area contributed by atoms with Crippen molar-refractivity contribution in [2.75, 3.05) is 14.2 Å². The van der Waals surface area contributed by atoms with E-state index in [4.69, 9.17) is 14.6 Å². The number of hydrogen-bond acceptors (Lipinski definition) is 4. The Labute approximate surface area is 99.5 Å². The maximum Gasteiger partial charge on any atom is 0.192 e. The fourth-order valence-electron chi connectivity index (χ4n) is 2.02. The van der Waals surface area contributed by atoms with E-state index in [1.807, 2.05) is 6.07 Å². The lowest BCUT2D eigenvalue weighted by Gasteiger charge is -2.19. The van der Waals surface area contributed by atoms with E-state index in [9.17, 15) is 4.79 Å². The third-order valence-electron chi connectivity index (χ3n) is 2.97. The molecule has 0 unspecified atom stereocenters. The molecule has 0 radical (unpaired) electrons. The molecule has 0 atom stereocenters. The first-order valence-corrected chi connectivity index (χ1v) is 5.34. The molecular formula is C13H14O4. The second-order valence-corrected chi connectivity index (χ2v) is 3.85. The van der Waals surface area contributed by atoms with E-state index in [-0.39, 0.29) is 5.78 Å². The van der Waals surface area contributed by atoms with Gasteiger partial charge in [-0.05, 0) is 30.5 Å². The first-order valence-electron chi connectivity index (χ1n) is 5.34. The fourth-order valence-corrected chi connectivity index (χ4v) is 2.02. The van der Waals surface area contributed by atoms with Gasteiger partial charge in [-0.2, -0.15) is 0 Å². The van der Waals surface area contributed by atoms with Gasteiger partial charge in [-0.25, -0.2) is 0 Å². The van der Waals surface area contributed by atoms with Crippen molar-refractivity contribution in [3.05, 3.63) is 35.1 Å². The summed E-state index contributed by atoms with van der Waals surface area (Å²) in [6.07, 6.45) is 2.16. The lowest BCUT2D eigenvalue weighted by molar-refractivity contribution is 0.102. The Balaban J connectivity index is 2.54. The summed E-state index contributed by atoms with van der Waals surface area (Å²) in [5, 5.41) is 8.98. The van der Waals surface area contributed by atoms with E-state index < -0.39 is 0 Å². The van der Waals surface area contributed by atoms with Crippen molar-refractivity contribution in [3.8, 4) is 11.5 Å². The number of carbonyl (C=O) groups excluding carboxylic acids is 1. The monoisotopic (exact) mass is 234 g/mol.